The van der Waals surface area contributed by atoms with Crippen LogP contribution < -0.4 is 4.74 Å². The van der Waals surface area contributed by atoms with Gasteiger partial charge in [-0.05, 0) is 73.3 Å². The quantitative estimate of drug-likeness (QED) is 0.835. The predicted molar refractivity (Wildman–Crippen MR) is 88.9 cm³/mol. The van der Waals surface area contributed by atoms with Crippen molar-refractivity contribution in [3.05, 3.63) is 34.9 Å². The molecule has 3 atom stereocenters. The highest BCUT2D eigenvalue weighted by Crippen LogP contribution is 2.56. The van der Waals surface area contributed by atoms with Crippen molar-refractivity contribution in [2.24, 2.45) is 11.3 Å². The van der Waals surface area contributed by atoms with Crippen LogP contribution in [0, 0.1) is 11.3 Å². The first-order valence-electron chi connectivity index (χ1n) is 8.71. The fourth-order valence-electron chi connectivity index (χ4n) is 5.19. The summed E-state index contributed by atoms with van der Waals surface area (Å²) in [6.45, 7) is 2.33. The van der Waals surface area contributed by atoms with Gasteiger partial charge in [0.1, 0.15) is 5.75 Å². The summed E-state index contributed by atoms with van der Waals surface area (Å²) in [5, 5.41) is 10.6. The van der Waals surface area contributed by atoms with E-state index in [4.69, 9.17) is 4.74 Å². The van der Waals surface area contributed by atoms with E-state index in [2.05, 4.69) is 25.1 Å². The molecule has 22 heavy (non-hydrogen) atoms. The molecule has 0 heterocycles. The number of fused-ring (bicyclic) bond motifs is 4. The lowest BCUT2D eigenvalue weighted by Gasteiger charge is -2.51. The lowest BCUT2D eigenvalue weighted by atomic mass is 9.55. The molecule has 0 amide bonds. The van der Waals surface area contributed by atoms with Crippen LogP contribution in [0.2, 0.25) is 0 Å². The molecule has 0 aliphatic heterocycles. The van der Waals surface area contributed by atoms with Crippen LogP contribution in [0.15, 0.2) is 23.8 Å². The molecule has 0 unspecified atom stereocenters. The van der Waals surface area contributed by atoms with Crippen molar-refractivity contribution in [3.8, 4) is 5.75 Å². The molecule has 0 bridgehead atoms. The Morgan fingerprint density at radius 1 is 1.18 bits per heavy atom. The fourth-order valence-corrected chi connectivity index (χ4v) is 5.19. The molecule has 2 nitrogen and oxygen atoms in total. The zero-order chi connectivity index (χ0) is 15.3. The first kappa shape index (κ1) is 14.3. The van der Waals surface area contributed by atoms with E-state index in [1.165, 1.54) is 30.4 Å². The Kier molecular flexibility index (Phi) is 3.34. The average molecular weight is 298 g/mol. The zero-order valence-corrected chi connectivity index (χ0v) is 13.7. The van der Waals surface area contributed by atoms with Gasteiger partial charge in [0.2, 0.25) is 0 Å². The number of hydrogen-bond donors (Lipinski definition) is 1. The molecule has 1 aromatic carbocycles. The van der Waals surface area contributed by atoms with Crippen LogP contribution in [-0.2, 0) is 6.42 Å². The number of aliphatic hydroxyl groups is 1. The van der Waals surface area contributed by atoms with Gasteiger partial charge in [0, 0.05) is 5.41 Å². The van der Waals surface area contributed by atoms with Crippen molar-refractivity contribution in [1.82, 2.24) is 0 Å². The second-order valence-electron chi connectivity index (χ2n) is 7.53. The van der Waals surface area contributed by atoms with Crippen molar-refractivity contribution in [2.45, 2.75) is 58.0 Å². The molecule has 3 aliphatic carbocycles. The Balaban J connectivity index is 1.78. The van der Waals surface area contributed by atoms with Crippen LogP contribution in [0.25, 0.3) is 5.57 Å². The Hall–Kier alpha value is -1.28. The first-order chi connectivity index (χ1) is 10.6. The zero-order valence-electron chi connectivity index (χ0n) is 13.7. The molecule has 2 heteroatoms. The number of hydrogen-bond acceptors (Lipinski definition) is 2. The van der Waals surface area contributed by atoms with E-state index < -0.39 is 0 Å². The van der Waals surface area contributed by atoms with Crippen LogP contribution in [0.3, 0.4) is 0 Å². The number of ether oxygens (including phenoxy) is 1. The van der Waals surface area contributed by atoms with Gasteiger partial charge in [0.15, 0.2) is 0 Å². The summed E-state index contributed by atoms with van der Waals surface area (Å²) < 4.78 is 5.38. The molecular weight excluding hydrogens is 272 g/mol. The van der Waals surface area contributed by atoms with Crippen molar-refractivity contribution in [3.63, 3.8) is 0 Å². The van der Waals surface area contributed by atoms with Crippen LogP contribution in [-0.4, -0.2) is 18.3 Å². The van der Waals surface area contributed by atoms with E-state index in [9.17, 15) is 5.11 Å². The number of rotatable bonds is 1. The monoisotopic (exact) mass is 298 g/mol. The Bertz CT molecular complexity index is 631. The number of aliphatic hydroxyl groups excluding tert-OH is 1. The maximum atomic E-state index is 10.6. The van der Waals surface area contributed by atoms with E-state index in [0.717, 1.165) is 31.4 Å². The summed E-state index contributed by atoms with van der Waals surface area (Å²) in [7, 11) is 1.74. The van der Waals surface area contributed by atoms with Gasteiger partial charge in [0.25, 0.3) is 0 Å². The minimum atomic E-state index is -0.113. The summed E-state index contributed by atoms with van der Waals surface area (Å²) in [6, 6.07) is 6.56. The number of allylic oxidation sites excluding steroid dienone is 2. The van der Waals surface area contributed by atoms with Gasteiger partial charge in [0.05, 0.1) is 13.2 Å². The lowest BCUT2D eigenvalue weighted by Crippen LogP contribution is -2.46. The van der Waals surface area contributed by atoms with E-state index in [1.54, 1.807) is 18.3 Å². The molecule has 1 saturated carbocycles. The second kappa shape index (κ2) is 5.13. The highest BCUT2D eigenvalue weighted by molar-refractivity contribution is 5.75. The molecule has 0 radical (unpaired) electrons. The van der Waals surface area contributed by atoms with Gasteiger partial charge in [-0.15, -0.1) is 0 Å². The maximum Gasteiger partial charge on any atom is 0.119 e. The number of benzene rings is 1. The number of methoxy groups -OCH3 is 1. The molecule has 3 aliphatic rings. The molecule has 0 saturated heterocycles. The largest absolute Gasteiger partial charge is 0.497 e. The Labute approximate surface area is 133 Å². The molecule has 4 rings (SSSR count). The third-order valence-corrected chi connectivity index (χ3v) is 6.55. The van der Waals surface area contributed by atoms with Crippen molar-refractivity contribution < 1.29 is 9.84 Å². The van der Waals surface area contributed by atoms with Crippen LogP contribution in [0.1, 0.15) is 56.6 Å². The van der Waals surface area contributed by atoms with Crippen molar-refractivity contribution >= 4 is 5.57 Å². The smallest absolute Gasteiger partial charge is 0.119 e. The Morgan fingerprint density at radius 3 is 2.86 bits per heavy atom. The summed E-state index contributed by atoms with van der Waals surface area (Å²) in [6.07, 6.45) is 7.85. The summed E-state index contributed by atoms with van der Waals surface area (Å²) in [4.78, 5) is 0. The van der Waals surface area contributed by atoms with E-state index in [-0.39, 0.29) is 11.5 Å². The lowest BCUT2D eigenvalue weighted by molar-refractivity contribution is -0.0393. The fraction of sp³-hybridized carbons (Fsp3) is 0.600. The van der Waals surface area contributed by atoms with Gasteiger partial charge < -0.3 is 9.84 Å². The molecule has 1 N–H and O–H groups in total. The second-order valence-corrected chi connectivity index (χ2v) is 7.53. The SMILES string of the molecule is COc1ccc2c(c1)CCC1=C2CC[C@@]2(C)[C@@H](O)CCC[C@@H]12. The molecule has 0 aromatic heterocycles. The standard InChI is InChI=1S/C20H26O2/c1-20-11-10-16-15-9-7-14(22-2)12-13(15)6-8-17(16)18(20)4-3-5-19(20)21/h7,9,12,18-19,21H,3-6,8,10-11H2,1-2H3/t18-,19-,20+/m0/s1. The third-order valence-electron chi connectivity index (χ3n) is 6.55. The minimum absolute atomic E-state index is 0.112. The normalized spacial score (nSPS) is 33.8. The molecule has 118 valence electrons. The third kappa shape index (κ3) is 1.96. The van der Waals surface area contributed by atoms with Crippen LogP contribution >= 0.6 is 0 Å². The summed E-state index contributed by atoms with van der Waals surface area (Å²) >= 11 is 0. The van der Waals surface area contributed by atoms with Gasteiger partial charge in [-0.1, -0.05) is 25.0 Å². The molecular formula is C20H26O2. The summed E-state index contributed by atoms with van der Waals surface area (Å²) in [5.41, 5.74) is 6.24. The van der Waals surface area contributed by atoms with Gasteiger partial charge >= 0.3 is 0 Å². The highest BCUT2D eigenvalue weighted by atomic mass is 16.5. The molecule has 1 fully saturated rings. The van der Waals surface area contributed by atoms with Gasteiger partial charge in [-0.2, -0.15) is 0 Å². The highest BCUT2D eigenvalue weighted by Gasteiger charge is 2.48. The topological polar surface area (TPSA) is 29.5 Å². The van der Waals surface area contributed by atoms with Crippen molar-refractivity contribution in [2.75, 3.05) is 7.11 Å². The van der Waals surface area contributed by atoms with Gasteiger partial charge in [-0.3, -0.25) is 0 Å². The minimum Gasteiger partial charge on any atom is -0.497 e. The van der Waals surface area contributed by atoms with Gasteiger partial charge in [-0.25, -0.2) is 0 Å². The Morgan fingerprint density at radius 2 is 2.05 bits per heavy atom. The average Bonchev–Trinajstić information content (AvgIpc) is 2.55. The van der Waals surface area contributed by atoms with Crippen molar-refractivity contribution in [1.29, 1.82) is 0 Å². The maximum absolute atomic E-state index is 10.6. The van der Waals surface area contributed by atoms with Crippen LogP contribution in [0.4, 0.5) is 0 Å². The summed E-state index contributed by atoms with van der Waals surface area (Å²) in [5.74, 6) is 1.56. The van der Waals surface area contributed by atoms with Crippen LogP contribution in [0.5, 0.6) is 5.75 Å². The predicted octanol–water partition coefficient (Wildman–Crippen LogP) is 4.36. The van der Waals surface area contributed by atoms with E-state index >= 15 is 0 Å². The molecule has 1 aromatic rings. The van der Waals surface area contributed by atoms with E-state index in [1.807, 2.05) is 0 Å². The first-order valence-corrected chi connectivity index (χ1v) is 8.71. The molecule has 0 spiro atoms. The van der Waals surface area contributed by atoms with E-state index in [0.29, 0.717) is 5.92 Å². The number of aryl methyl sites for hydroxylation is 1.